The second-order valence-electron chi connectivity index (χ2n) is 4.52. The van der Waals surface area contributed by atoms with E-state index in [0.29, 0.717) is 11.3 Å². The van der Waals surface area contributed by atoms with Crippen LogP contribution in [0.5, 0.6) is 11.5 Å². The number of aromatic hydroxyl groups is 1. The predicted octanol–water partition coefficient (Wildman–Crippen LogP) is 1.08. The van der Waals surface area contributed by atoms with Crippen LogP contribution in [0, 0.1) is 0 Å². The van der Waals surface area contributed by atoms with Gasteiger partial charge >= 0.3 is 0 Å². The number of carbonyl (C=O) groups is 1. The minimum atomic E-state index is -0.206. The molecule has 0 fully saturated rings. The van der Waals surface area contributed by atoms with Crippen LogP contribution in [0.15, 0.2) is 18.2 Å². The van der Waals surface area contributed by atoms with Gasteiger partial charge in [-0.05, 0) is 39.2 Å². The number of hydrogen-bond acceptors (Lipinski definition) is 4. The summed E-state index contributed by atoms with van der Waals surface area (Å²) in [5.41, 5.74) is 0.416. The first-order chi connectivity index (χ1) is 8.43. The molecule has 0 aliphatic heterocycles. The Morgan fingerprint density at radius 2 is 2.17 bits per heavy atom. The first-order valence-corrected chi connectivity index (χ1v) is 5.76. The van der Waals surface area contributed by atoms with Gasteiger partial charge in [-0.1, -0.05) is 0 Å². The highest BCUT2D eigenvalue weighted by molar-refractivity contribution is 5.95. The van der Waals surface area contributed by atoms with Gasteiger partial charge in [0.25, 0.3) is 5.91 Å². The number of phenolic OH excluding ortho intramolecular Hbond substituents is 1. The van der Waals surface area contributed by atoms with Crippen LogP contribution in [-0.2, 0) is 0 Å². The van der Waals surface area contributed by atoms with Crippen molar-refractivity contribution >= 4 is 5.91 Å². The van der Waals surface area contributed by atoms with Crippen LogP contribution in [0.1, 0.15) is 17.3 Å². The molecule has 0 heterocycles. The summed E-state index contributed by atoms with van der Waals surface area (Å²) in [6.07, 6.45) is 0. The Balaban J connectivity index is 2.70. The molecule has 0 bridgehead atoms. The average molecular weight is 252 g/mol. The summed E-state index contributed by atoms with van der Waals surface area (Å²) in [7, 11) is 5.36. The monoisotopic (exact) mass is 252 g/mol. The van der Waals surface area contributed by atoms with E-state index < -0.39 is 0 Å². The van der Waals surface area contributed by atoms with E-state index in [-0.39, 0.29) is 17.7 Å². The van der Waals surface area contributed by atoms with Crippen LogP contribution in [0.2, 0.25) is 0 Å². The molecule has 1 unspecified atom stereocenters. The molecule has 100 valence electrons. The molecule has 2 N–H and O–H groups in total. The number of ether oxygens (including phenoxy) is 1. The zero-order valence-electron chi connectivity index (χ0n) is 11.2. The molecule has 18 heavy (non-hydrogen) atoms. The van der Waals surface area contributed by atoms with Gasteiger partial charge in [-0.2, -0.15) is 0 Å². The van der Waals surface area contributed by atoms with Crippen LogP contribution < -0.4 is 10.1 Å². The van der Waals surface area contributed by atoms with Crippen molar-refractivity contribution in [3.05, 3.63) is 23.8 Å². The van der Waals surface area contributed by atoms with Crippen molar-refractivity contribution in [2.24, 2.45) is 0 Å². The van der Waals surface area contributed by atoms with E-state index in [4.69, 9.17) is 4.74 Å². The number of hydrogen-bond donors (Lipinski definition) is 2. The van der Waals surface area contributed by atoms with Crippen LogP contribution >= 0.6 is 0 Å². The van der Waals surface area contributed by atoms with Crippen molar-refractivity contribution in [3.8, 4) is 11.5 Å². The number of phenols is 1. The summed E-state index contributed by atoms with van der Waals surface area (Å²) in [5.74, 6) is 0.112. The second-order valence-corrected chi connectivity index (χ2v) is 4.52. The topological polar surface area (TPSA) is 61.8 Å². The van der Waals surface area contributed by atoms with Crippen LogP contribution in [0.4, 0.5) is 0 Å². The number of nitrogens with zero attached hydrogens (tertiary/aromatic N) is 1. The first-order valence-electron chi connectivity index (χ1n) is 5.76. The third kappa shape index (κ3) is 3.92. The van der Waals surface area contributed by atoms with E-state index in [1.165, 1.54) is 13.2 Å². The van der Waals surface area contributed by atoms with Crippen molar-refractivity contribution in [2.75, 3.05) is 27.7 Å². The molecule has 0 aliphatic rings. The van der Waals surface area contributed by atoms with Gasteiger partial charge in [-0.25, -0.2) is 0 Å². The molecule has 1 atom stereocenters. The molecular formula is C13H20N2O3. The molecule has 1 aromatic rings. The van der Waals surface area contributed by atoms with E-state index in [1.54, 1.807) is 12.1 Å². The molecule has 1 amide bonds. The van der Waals surface area contributed by atoms with Gasteiger partial charge in [0.1, 0.15) is 0 Å². The molecule has 5 heteroatoms. The number of rotatable bonds is 5. The molecule has 0 saturated carbocycles. The molecule has 5 nitrogen and oxygen atoms in total. The molecule has 0 aliphatic carbocycles. The zero-order chi connectivity index (χ0) is 13.7. The highest BCUT2D eigenvalue weighted by Gasteiger charge is 2.12. The van der Waals surface area contributed by atoms with Crippen molar-refractivity contribution in [1.82, 2.24) is 10.2 Å². The highest BCUT2D eigenvalue weighted by atomic mass is 16.5. The molecule has 0 spiro atoms. The number of methoxy groups -OCH3 is 1. The normalized spacial score (nSPS) is 12.3. The average Bonchev–Trinajstić information content (AvgIpc) is 2.27. The van der Waals surface area contributed by atoms with E-state index in [2.05, 4.69) is 5.32 Å². The maximum absolute atomic E-state index is 11.9. The quantitative estimate of drug-likeness (QED) is 0.823. The van der Waals surface area contributed by atoms with Crippen LogP contribution in [0.25, 0.3) is 0 Å². The SMILES string of the molecule is COc1ccc(C(=O)NC(C)CN(C)C)cc1O. The van der Waals surface area contributed by atoms with Gasteiger partial charge in [-0.15, -0.1) is 0 Å². The highest BCUT2D eigenvalue weighted by Crippen LogP contribution is 2.26. The summed E-state index contributed by atoms with van der Waals surface area (Å²) in [6, 6.07) is 4.63. The van der Waals surface area contributed by atoms with Crippen LogP contribution in [0.3, 0.4) is 0 Å². The maximum atomic E-state index is 11.9. The second kappa shape index (κ2) is 6.26. The molecule has 0 radical (unpaired) electrons. The number of carbonyl (C=O) groups excluding carboxylic acids is 1. The van der Waals surface area contributed by atoms with Crippen molar-refractivity contribution < 1.29 is 14.6 Å². The summed E-state index contributed by atoms with van der Waals surface area (Å²) < 4.78 is 4.93. The van der Waals surface area contributed by atoms with Gasteiger partial charge in [0.05, 0.1) is 7.11 Å². The molecular weight excluding hydrogens is 232 g/mol. The number of nitrogens with one attached hydrogen (secondary N) is 1. The van der Waals surface area contributed by atoms with Crippen molar-refractivity contribution in [2.45, 2.75) is 13.0 Å². The maximum Gasteiger partial charge on any atom is 0.251 e. The van der Waals surface area contributed by atoms with Gasteiger partial charge in [0.2, 0.25) is 0 Å². The lowest BCUT2D eigenvalue weighted by molar-refractivity contribution is 0.0934. The number of benzene rings is 1. The Morgan fingerprint density at radius 3 is 2.67 bits per heavy atom. The summed E-state index contributed by atoms with van der Waals surface area (Å²) in [6.45, 7) is 2.69. The lowest BCUT2D eigenvalue weighted by atomic mass is 10.1. The van der Waals surface area contributed by atoms with Gasteiger partial charge in [0, 0.05) is 18.2 Å². The van der Waals surface area contributed by atoms with Gasteiger partial charge in [-0.3, -0.25) is 4.79 Å². The zero-order valence-corrected chi connectivity index (χ0v) is 11.2. The Morgan fingerprint density at radius 1 is 1.50 bits per heavy atom. The Bertz CT molecular complexity index is 419. The Kier molecular flexibility index (Phi) is 4.97. The van der Waals surface area contributed by atoms with Crippen molar-refractivity contribution in [1.29, 1.82) is 0 Å². The van der Waals surface area contributed by atoms with Crippen LogP contribution in [-0.4, -0.2) is 49.7 Å². The summed E-state index contributed by atoms with van der Waals surface area (Å²) >= 11 is 0. The standard InChI is InChI=1S/C13H20N2O3/c1-9(8-15(2)3)14-13(17)10-5-6-12(18-4)11(16)7-10/h5-7,9,16H,8H2,1-4H3,(H,14,17). The molecule has 1 rings (SSSR count). The van der Waals surface area contributed by atoms with Gasteiger partial charge in [0.15, 0.2) is 11.5 Å². The van der Waals surface area contributed by atoms with E-state index in [1.807, 2.05) is 25.9 Å². The summed E-state index contributed by atoms with van der Waals surface area (Å²) in [4.78, 5) is 13.9. The Hall–Kier alpha value is -1.75. The fourth-order valence-electron chi connectivity index (χ4n) is 1.73. The minimum absolute atomic E-state index is 0.0367. The molecule has 0 aromatic heterocycles. The lowest BCUT2D eigenvalue weighted by Crippen LogP contribution is -2.39. The molecule has 1 aromatic carbocycles. The lowest BCUT2D eigenvalue weighted by Gasteiger charge is -2.18. The third-order valence-corrected chi connectivity index (χ3v) is 2.46. The minimum Gasteiger partial charge on any atom is -0.504 e. The van der Waals surface area contributed by atoms with Gasteiger partial charge < -0.3 is 20.1 Å². The summed E-state index contributed by atoms with van der Waals surface area (Å²) in [5, 5.41) is 12.5. The fourth-order valence-corrected chi connectivity index (χ4v) is 1.73. The predicted molar refractivity (Wildman–Crippen MR) is 70.1 cm³/mol. The van der Waals surface area contributed by atoms with E-state index in [9.17, 15) is 9.90 Å². The number of amides is 1. The number of likely N-dealkylation sites (N-methyl/N-ethyl adjacent to an activating group) is 1. The fraction of sp³-hybridized carbons (Fsp3) is 0.462. The van der Waals surface area contributed by atoms with E-state index >= 15 is 0 Å². The van der Waals surface area contributed by atoms with E-state index in [0.717, 1.165) is 6.54 Å². The smallest absolute Gasteiger partial charge is 0.251 e. The Labute approximate surface area is 107 Å². The third-order valence-electron chi connectivity index (χ3n) is 2.46. The largest absolute Gasteiger partial charge is 0.504 e. The molecule has 0 saturated heterocycles. The first kappa shape index (κ1) is 14.3. The van der Waals surface area contributed by atoms with Crippen molar-refractivity contribution in [3.63, 3.8) is 0 Å².